The number of hydrogen-bond donors (Lipinski definition) is 1. The molecule has 3 rings (SSSR count). The summed E-state index contributed by atoms with van der Waals surface area (Å²) in [7, 11) is 0. The van der Waals surface area contributed by atoms with Gasteiger partial charge < -0.3 is 5.73 Å². The van der Waals surface area contributed by atoms with Gasteiger partial charge in [0.2, 0.25) is 0 Å². The Morgan fingerprint density at radius 1 is 1.28 bits per heavy atom. The van der Waals surface area contributed by atoms with Crippen LogP contribution in [0.3, 0.4) is 0 Å². The van der Waals surface area contributed by atoms with Crippen LogP contribution in [0.5, 0.6) is 0 Å². The third kappa shape index (κ3) is 2.20. The Labute approximate surface area is 112 Å². The molecule has 2 nitrogen and oxygen atoms in total. The van der Waals surface area contributed by atoms with Crippen molar-refractivity contribution in [2.75, 3.05) is 0 Å². The third-order valence-electron chi connectivity index (χ3n) is 3.90. The average molecular weight is 258 g/mol. The maximum absolute atomic E-state index is 6.56. The molecule has 18 heavy (non-hydrogen) atoms. The van der Waals surface area contributed by atoms with Crippen LogP contribution in [-0.4, -0.2) is 10.5 Å². The lowest BCUT2D eigenvalue weighted by atomic mass is 9.91. The summed E-state index contributed by atoms with van der Waals surface area (Å²) in [5, 5.41) is 0. The molecule has 1 aliphatic rings. The zero-order valence-electron chi connectivity index (χ0n) is 10.6. The van der Waals surface area contributed by atoms with Crippen molar-refractivity contribution in [2.24, 2.45) is 5.73 Å². The summed E-state index contributed by atoms with van der Waals surface area (Å²) in [6.45, 7) is 2.08. The summed E-state index contributed by atoms with van der Waals surface area (Å²) < 4.78 is 0. The zero-order valence-corrected chi connectivity index (χ0v) is 11.5. The van der Waals surface area contributed by atoms with Crippen molar-refractivity contribution in [1.82, 2.24) is 4.98 Å². The van der Waals surface area contributed by atoms with Crippen LogP contribution in [0.15, 0.2) is 29.8 Å². The molecule has 2 aromatic rings. The maximum Gasteiger partial charge on any atom is 0.0797 e. The molecule has 94 valence electrons. The molecule has 2 N–H and O–H groups in total. The number of fused-ring (bicyclic) bond motifs is 1. The zero-order chi connectivity index (χ0) is 12.6. The lowest BCUT2D eigenvalue weighted by Crippen LogP contribution is -2.41. The lowest BCUT2D eigenvalue weighted by molar-refractivity contribution is 0.415. The van der Waals surface area contributed by atoms with E-state index in [1.807, 2.05) is 5.51 Å². The number of rotatable bonds is 3. The predicted octanol–water partition coefficient (Wildman–Crippen LogP) is 2.88. The van der Waals surface area contributed by atoms with Crippen molar-refractivity contribution in [3.05, 3.63) is 51.5 Å². The largest absolute Gasteiger partial charge is 0.324 e. The second-order valence-electron chi connectivity index (χ2n) is 5.35. The van der Waals surface area contributed by atoms with Crippen molar-refractivity contribution in [1.29, 1.82) is 0 Å². The molecule has 3 heteroatoms. The minimum Gasteiger partial charge on any atom is -0.324 e. The van der Waals surface area contributed by atoms with Gasteiger partial charge in [-0.1, -0.05) is 24.3 Å². The number of nitrogens with two attached hydrogens (primary N) is 1. The standard InChI is InChI=1S/C15H18N2S/c1-11-14(18-10-17-11)6-7-15(16)8-12-4-2-3-5-13(12)9-15/h2-5,10H,6-9,16H2,1H3. The normalized spacial score (nSPS) is 16.8. The number of aryl methyl sites for hydroxylation is 2. The van der Waals surface area contributed by atoms with E-state index in [4.69, 9.17) is 5.73 Å². The van der Waals surface area contributed by atoms with E-state index in [-0.39, 0.29) is 5.54 Å². The number of hydrogen-bond acceptors (Lipinski definition) is 3. The van der Waals surface area contributed by atoms with Gasteiger partial charge in [0.25, 0.3) is 0 Å². The van der Waals surface area contributed by atoms with Gasteiger partial charge in [-0.15, -0.1) is 11.3 Å². The summed E-state index contributed by atoms with van der Waals surface area (Å²) in [6.07, 6.45) is 4.13. The van der Waals surface area contributed by atoms with Gasteiger partial charge in [0, 0.05) is 10.4 Å². The summed E-state index contributed by atoms with van der Waals surface area (Å²) in [6, 6.07) is 8.64. The van der Waals surface area contributed by atoms with Gasteiger partial charge in [0.15, 0.2) is 0 Å². The fourth-order valence-electron chi connectivity index (χ4n) is 2.83. The Morgan fingerprint density at radius 2 is 1.94 bits per heavy atom. The summed E-state index contributed by atoms with van der Waals surface area (Å²) >= 11 is 1.75. The number of nitrogens with zero attached hydrogens (tertiary/aromatic N) is 1. The lowest BCUT2D eigenvalue weighted by Gasteiger charge is -2.23. The summed E-state index contributed by atoms with van der Waals surface area (Å²) in [5.41, 5.74) is 12.5. The molecule has 0 fully saturated rings. The van der Waals surface area contributed by atoms with Crippen molar-refractivity contribution >= 4 is 11.3 Å². The molecular formula is C15H18N2S. The van der Waals surface area contributed by atoms with E-state index in [1.54, 1.807) is 11.3 Å². The Morgan fingerprint density at radius 3 is 2.50 bits per heavy atom. The first kappa shape index (κ1) is 11.9. The fourth-order valence-corrected chi connectivity index (χ4v) is 3.61. The minimum atomic E-state index is -0.0554. The fraction of sp³-hybridized carbons (Fsp3) is 0.400. The summed E-state index contributed by atoms with van der Waals surface area (Å²) in [5.74, 6) is 0. The highest BCUT2D eigenvalue weighted by Gasteiger charge is 2.32. The molecule has 0 spiro atoms. The average Bonchev–Trinajstić information content (AvgIpc) is 2.89. The van der Waals surface area contributed by atoms with E-state index >= 15 is 0 Å². The second kappa shape index (κ2) is 4.48. The van der Waals surface area contributed by atoms with Crippen LogP contribution in [0, 0.1) is 6.92 Å². The molecular weight excluding hydrogens is 240 g/mol. The number of thiazole rings is 1. The van der Waals surface area contributed by atoms with Gasteiger partial charge in [-0.3, -0.25) is 0 Å². The van der Waals surface area contributed by atoms with Crippen LogP contribution in [0.4, 0.5) is 0 Å². The van der Waals surface area contributed by atoms with E-state index in [2.05, 4.69) is 36.2 Å². The molecule has 0 atom stereocenters. The smallest absolute Gasteiger partial charge is 0.0797 e. The van der Waals surface area contributed by atoms with Crippen LogP contribution >= 0.6 is 11.3 Å². The van der Waals surface area contributed by atoms with Gasteiger partial charge in [-0.25, -0.2) is 4.98 Å². The van der Waals surface area contributed by atoms with Crippen LogP contribution in [0.1, 0.15) is 28.1 Å². The van der Waals surface area contributed by atoms with E-state index in [0.29, 0.717) is 0 Å². The first-order valence-corrected chi connectivity index (χ1v) is 7.29. The molecule has 0 saturated heterocycles. The van der Waals surface area contributed by atoms with Crippen LogP contribution in [-0.2, 0) is 19.3 Å². The first-order valence-electron chi connectivity index (χ1n) is 6.41. The van der Waals surface area contributed by atoms with E-state index in [0.717, 1.165) is 25.7 Å². The molecule has 0 amide bonds. The molecule has 1 aromatic carbocycles. The Kier molecular flexibility index (Phi) is 2.96. The molecule has 1 aliphatic carbocycles. The number of aromatic nitrogens is 1. The SMILES string of the molecule is Cc1ncsc1CCC1(N)Cc2ccccc2C1. The first-order chi connectivity index (χ1) is 8.66. The van der Waals surface area contributed by atoms with Crippen molar-refractivity contribution < 1.29 is 0 Å². The van der Waals surface area contributed by atoms with Gasteiger partial charge >= 0.3 is 0 Å². The highest BCUT2D eigenvalue weighted by molar-refractivity contribution is 7.09. The predicted molar refractivity (Wildman–Crippen MR) is 75.9 cm³/mol. The monoisotopic (exact) mass is 258 g/mol. The number of benzene rings is 1. The minimum absolute atomic E-state index is 0.0554. The Bertz CT molecular complexity index is 534. The van der Waals surface area contributed by atoms with E-state index in [1.165, 1.54) is 21.7 Å². The van der Waals surface area contributed by atoms with Gasteiger partial charge in [0.05, 0.1) is 11.2 Å². The molecule has 0 saturated carbocycles. The molecule has 0 bridgehead atoms. The van der Waals surface area contributed by atoms with Crippen molar-refractivity contribution in [3.63, 3.8) is 0 Å². The van der Waals surface area contributed by atoms with E-state index in [9.17, 15) is 0 Å². The van der Waals surface area contributed by atoms with Gasteiger partial charge in [0.1, 0.15) is 0 Å². The van der Waals surface area contributed by atoms with Crippen LogP contribution < -0.4 is 5.73 Å². The van der Waals surface area contributed by atoms with Crippen molar-refractivity contribution in [2.45, 2.75) is 38.1 Å². The van der Waals surface area contributed by atoms with Gasteiger partial charge in [-0.2, -0.15) is 0 Å². The Balaban J connectivity index is 1.70. The quantitative estimate of drug-likeness (QED) is 0.919. The molecule has 1 heterocycles. The molecule has 0 aliphatic heterocycles. The van der Waals surface area contributed by atoms with E-state index < -0.39 is 0 Å². The van der Waals surface area contributed by atoms with Crippen molar-refractivity contribution in [3.8, 4) is 0 Å². The van der Waals surface area contributed by atoms with Crippen LogP contribution in [0.2, 0.25) is 0 Å². The molecule has 0 unspecified atom stereocenters. The highest BCUT2D eigenvalue weighted by atomic mass is 32.1. The second-order valence-corrected chi connectivity index (χ2v) is 6.28. The Hall–Kier alpha value is -1.19. The van der Waals surface area contributed by atoms with Gasteiger partial charge in [-0.05, 0) is 43.7 Å². The molecule has 1 aromatic heterocycles. The third-order valence-corrected chi connectivity index (χ3v) is 4.89. The topological polar surface area (TPSA) is 38.9 Å². The van der Waals surface area contributed by atoms with Crippen LogP contribution in [0.25, 0.3) is 0 Å². The highest BCUT2D eigenvalue weighted by Crippen LogP contribution is 2.32. The maximum atomic E-state index is 6.56. The summed E-state index contributed by atoms with van der Waals surface area (Å²) in [4.78, 5) is 5.69. The molecule has 0 radical (unpaired) electrons.